The summed E-state index contributed by atoms with van der Waals surface area (Å²) in [4.78, 5) is 24.5. The van der Waals surface area contributed by atoms with Crippen molar-refractivity contribution < 1.29 is 24.5 Å². The third-order valence-electron chi connectivity index (χ3n) is 16.8. The summed E-state index contributed by atoms with van der Waals surface area (Å²) in [7, 11) is 0. The predicted molar refractivity (Wildman–Crippen MR) is 338 cm³/mol. The van der Waals surface area contributed by atoms with Crippen molar-refractivity contribution >= 4 is 11.9 Å². The summed E-state index contributed by atoms with van der Waals surface area (Å²) in [5.74, 6) is -0.0369. The first-order chi connectivity index (χ1) is 38.0. The quantitative estimate of drug-likeness (QED) is 0.0320. The second kappa shape index (κ2) is 67.1. The molecular formula is C71H139NO5. The Bertz CT molecular complexity index is 1160. The maximum Gasteiger partial charge on any atom is 0.305 e. The molecular weight excluding hydrogens is 947 g/mol. The predicted octanol–water partition coefficient (Wildman–Crippen LogP) is 22.8. The van der Waals surface area contributed by atoms with E-state index in [2.05, 4.69) is 19.2 Å². The minimum absolute atomic E-state index is 0.0262. The molecule has 3 N–H and O–H groups in total. The summed E-state index contributed by atoms with van der Waals surface area (Å²) in [5, 5.41) is 23.0. The van der Waals surface area contributed by atoms with Gasteiger partial charge in [-0.3, -0.25) is 9.59 Å². The summed E-state index contributed by atoms with van der Waals surface area (Å²) >= 11 is 0. The molecule has 0 bridgehead atoms. The highest BCUT2D eigenvalue weighted by Crippen LogP contribution is 2.19. The summed E-state index contributed by atoms with van der Waals surface area (Å²) in [6.45, 7) is 4.93. The molecule has 0 heterocycles. The second-order valence-corrected chi connectivity index (χ2v) is 24.6. The van der Waals surface area contributed by atoms with E-state index in [1.807, 2.05) is 6.08 Å². The number of amides is 1. The number of carbonyl (C=O) groups is 2. The average molecular weight is 1090 g/mol. The Morgan fingerprint density at radius 3 is 0.883 bits per heavy atom. The molecule has 77 heavy (non-hydrogen) atoms. The molecule has 0 radical (unpaired) electrons. The van der Waals surface area contributed by atoms with E-state index in [-0.39, 0.29) is 18.5 Å². The second-order valence-electron chi connectivity index (χ2n) is 24.6. The lowest BCUT2D eigenvalue weighted by Gasteiger charge is -2.20. The standard InChI is InChI=1S/C71H139NO5/c1-3-5-7-9-11-13-15-16-17-35-39-42-45-49-53-57-61-65-71(76)77-66-62-58-54-50-46-43-40-37-34-32-30-28-26-24-22-20-18-19-21-23-25-27-29-31-33-36-38-41-44-48-52-56-60-64-70(75)72-68(67-73)69(74)63-59-55-51-47-14-12-10-8-6-4-2/h59,63,68-69,73-74H,3-58,60-62,64-67H2,1-2H3,(H,72,75)/b63-59+. The SMILES string of the molecule is CCCCCCCCCC/C=C/C(O)C(CO)NC(=O)CCCCCCCCCCCCCCCCCCCCCCCCCCCCCCCCCCCOC(=O)CCCCCCCCCCCCCCCCCCC. The molecule has 1 amide bonds. The highest BCUT2D eigenvalue weighted by atomic mass is 16.5. The molecule has 0 saturated carbocycles. The maximum atomic E-state index is 12.4. The Morgan fingerprint density at radius 2 is 0.597 bits per heavy atom. The fourth-order valence-corrected chi connectivity index (χ4v) is 11.4. The minimum atomic E-state index is -0.838. The fraction of sp³-hybridized carbons (Fsp3) is 0.944. The van der Waals surface area contributed by atoms with Crippen LogP contribution in [0, 0.1) is 0 Å². The number of aliphatic hydroxyl groups excluding tert-OH is 2. The number of ether oxygens (including phenoxy) is 1. The highest BCUT2D eigenvalue weighted by Gasteiger charge is 2.18. The lowest BCUT2D eigenvalue weighted by molar-refractivity contribution is -0.143. The van der Waals surface area contributed by atoms with Gasteiger partial charge in [-0.1, -0.05) is 373 Å². The van der Waals surface area contributed by atoms with Crippen molar-refractivity contribution in [3.63, 3.8) is 0 Å². The van der Waals surface area contributed by atoms with Crippen molar-refractivity contribution in [2.75, 3.05) is 13.2 Å². The Labute approximate surface area is 482 Å². The van der Waals surface area contributed by atoms with Gasteiger partial charge in [-0.05, 0) is 32.1 Å². The zero-order valence-corrected chi connectivity index (χ0v) is 52.5. The molecule has 458 valence electrons. The number of unbranched alkanes of at least 4 members (excludes halogenated alkanes) is 56. The third-order valence-corrected chi connectivity index (χ3v) is 16.8. The van der Waals surface area contributed by atoms with Gasteiger partial charge in [0.05, 0.1) is 25.4 Å². The van der Waals surface area contributed by atoms with E-state index in [1.165, 1.54) is 340 Å². The summed E-state index contributed by atoms with van der Waals surface area (Å²) in [5.41, 5.74) is 0. The average Bonchev–Trinajstić information content (AvgIpc) is 3.43. The Morgan fingerprint density at radius 1 is 0.351 bits per heavy atom. The van der Waals surface area contributed by atoms with Gasteiger partial charge in [-0.25, -0.2) is 0 Å². The number of nitrogens with one attached hydrogen (secondary N) is 1. The van der Waals surface area contributed by atoms with E-state index < -0.39 is 12.1 Å². The van der Waals surface area contributed by atoms with Crippen molar-refractivity contribution in [2.24, 2.45) is 0 Å². The normalized spacial score (nSPS) is 12.5. The van der Waals surface area contributed by atoms with Crippen LogP contribution in [0.15, 0.2) is 12.2 Å². The molecule has 0 saturated heterocycles. The first-order valence-corrected chi connectivity index (χ1v) is 35.5. The van der Waals surface area contributed by atoms with Gasteiger partial charge < -0.3 is 20.3 Å². The molecule has 0 aromatic rings. The van der Waals surface area contributed by atoms with Gasteiger partial charge in [0.15, 0.2) is 0 Å². The van der Waals surface area contributed by atoms with Gasteiger partial charge in [0.25, 0.3) is 0 Å². The molecule has 0 aliphatic heterocycles. The van der Waals surface area contributed by atoms with Gasteiger partial charge in [0.1, 0.15) is 0 Å². The number of hydrogen-bond donors (Lipinski definition) is 3. The van der Waals surface area contributed by atoms with Crippen molar-refractivity contribution in [1.29, 1.82) is 0 Å². The van der Waals surface area contributed by atoms with Gasteiger partial charge in [-0.15, -0.1) is 0 Å². The van der Waals surface area contributed by atoms with Gasteiger partial charge in [0, 0.05) is 12.8 Å². The van der Waals surface area contributed by atoms with Crippen molar-refractivity contribution in [3.05, 3.63) is 12.2 Å². The number of aliphatic hydroxyl groups is 2. The molecule has 2 unspecified atom stereocenters. The zero-order chi connectivity index (χ0) is 55.7. The summed E-state index contributed by atoms with van der Waals surface area (Å²) in [6.07, 6.45) is 83.2. The highest BCUT2D eigenvalue weighted by molar-refractivity contribution is 5.76. The smallest absolute Gasteiger partial charge is 0.305 e. The molecule has 0 rings (SSSR count). The Balaban J connectivity index is 3.28. The molecule has 6 heteroatoms. The van der Waals surface area contributed by atoms with Crippen LogP contribution in [0.5, 0.6) is 0 Å². The van der Waals surface area contributed by atoms with E-state index in [1.54, 1.807) is 6.08 Å². The van der Waals surface area contributed by atoms with Crippen molar-refractivity contribution in [1.82, 2.24) is 5.32 Å². The molecule has 2 atom stereocenters. The van der Waals surface area contributed by atoms with Crippen molar-refractivity contribution in [2.45, 2.75) is 418 Å². The summed E-state index contributed by atoms with van der Waals surface area (Å²) in [6, 6.07) is -0.621. The van der Waals surface area contributed by atoms with Crippen LogP contribution < -0.4 is 5.32 Å². The third kappa shape index (κ3) is 63.6. The molecule has 6 nitrogen and oxygen atoms in total. The first kappa shape index (κ1) is 75.6. The van der Waals surface area contributed by atoms with Gasteiger partial charge in [0.2, 0.25) is 5.91 Å². The molecule has 0 aliphatic rings. The maximum absolute atomic E-state index is 12.4. The van der Waals surface area contributed by atoms with Gasteiger partial charge in [-0.2, -0.15) is 0 Å². The topological polar surface area (TPSA) is 95.9 Å². The first-order valence-electron chi connectivity index (χ1n) is 35.5. The lowest BCUT2D eigenvalue weighted by Crippen LogP contribution is -2.45. The monoisotopic (exact) mass is 1090 g/mol. The number of allylic oxidation sites excluding steroid dienone is 1. The van der Waals surface area contributed by atoms with E-state index in [0.29, 0.717) is 19.4 Å². The van der Waals surface area contributed by atoms with Crippen molar-refractivity contribution in [3.8, 4) is 0 Å². The van der Waals surface area contributed by atoms with Crippen LogP contribution in [-0.2, 0) is 14.3 Å². The van der Waals surface area contributed by atoms with Crippen LogP contribution in [0.1, 0.15) is 406 Å². The summed E-state index contributed by atoms with van der Waals surface area (Å²) < 4.78 is 5.51. The molecule has 0 fully saturated rings. The number of carbonyl (C=O) groups excluding carboxylic acids is 2. The van der Waals surface area contributed by atoms with Gasteiger partial charge >= 0.3 is 5.97 Å². The van der Waals surface area contributed by atoms with Crippen LogP contribution in [0.25, 0.3) is 0 Å². The Hall–Kier alpha value is -1.40. The van der Waals surface area contributed by atoms with Crippen LogP contribution >= 0.6 is 0 Å². The fourth-order valence-electron chi connectivity index (χ4n) is 11.4. The molecule has 0 aliphatic carbocycles. The largest absolute Gasteiger partial charge is 0.466 e. The zero-order valence-electron chi connectivity index (χ0n) is 52.5. The molecule has 0 spiro atoms. The van der Waals surface area contributed by atoms with E-state index in [4.69, 9.17) is 4.74 Å². The van der Waals surface area contributed by atoms with E-state index >= 15 is 0 Å². The van der Waals surface area contributed by atoms with Crippen LogP contribution in [0.3, 0.4) is 0 Å². The van der Waals surface area contributed by atoms with E-state index in [0.717, 1.165) is 38.5 Å². The lowest BCUT2D eigenvalue weighted by atomic mass is 10.0. The Kier molecular flexibility index (Phi) is 65.9. The van der Waals surface area contributed by atoms with Crippen LogP contribution in [-0.4, -0.2) is 47.4 Å². The number of esters is 1. The minimum Gasteiger partial charge on any atom is -0.466 e. The number of rotatable bonds is 67. The van der Waals surface area contributed by atoms with E-state index in [9.17, 15) is 19.8 Å². The number of hydrogen-bond acceptors (Lipinski definition) is 5. The molecule has 0 aromatic carbocycles. The van der Waals surface area contributed by atoms with Crippen LogP contribution in [0.4, 0.5) is 0 Å². The van der Waals surface area contributed by atoms with Crippen LogP contribution in [0.2, 0.25) is 0 Å². The molecule has 0 aromatic heterocycles.